The van der Waals surface area contributed by atoms with Gasteiger partial charge in [-0.05, 0) is 32.3 Å². The molecule has 0 radical (unpaired) electrons. The summed E-state index contributed by atoms with van der Waals surface area (Å²) in [7, 11) is 0. The van der Waals surface area contributed by atoms with Crippen LogP contribution >= 0.6 is 0 Å². The van der Waals surface area contributed by atoms with Gasteiger partial charge in [0.2, 0.25) is 0 Å². The molecule has 1 aromatic rings. The van der Waals surface area contributed by atoms with Gasteiger partial charge in [-0.15, -0.1) is 0 Å². The van der Waals surface area contributed by atoms with Crippen molar-refractivity contribution >= 4 is 0 Å². The maximum atomic E-state index is 6.09. The fraction of sp³-hybridized carbons (Fsp3) is 0.750. The molecule has 0 amide bonds. The molecule has 1 aliphatic carbocycles. The van der Waals surface area contributed by atoms with Gasteiger partial charge in [-0.2, -0.15) is 5.10 Å². The average molecular weight is 207 g/mol. The Balaban J connectivity index is 2.14. The lowest BCUT2D eigenvalue weighted by atomic mass is 9.95. The van der Waals surface area contributed by atoms with E-state index in [4.69, 9.17) is 5.73 Å². The second-order valence-corrected chi connectivity index (χ2v) is 4.55. The molecule has 2 rings (SSSR count). The summed E-state index contributed by atoms with van der Waals surface area (Å²) in [5, 5.41) is 4.34. The first-order chi connectivity index (χ1) is 7.31. The van der Waals surface area contributed by atoms with Gasteiger partial charge in [0.15, 0.2) is 0 Å². The topological polar surface area (TPSA) is 43.8 Å². The molecular formula is C12H21N3. The molecule has 2 atom stereocenters. The molecule has 1 heterocycles. The minimum atomic E-state index is 0.387. The summed E-state index contributed by atoms with van der Waals surface area (Å²) in [6.07, 6.45) is 8.11. The van der Waals surface area contributed by atoms with Crippen LogP contribution in [-0.2, 0) is 6.54 Å². The number of hydrogen-bond donors (Lipinski definition) is 1. The Morgan fingerprint density at radius 1 is 1.47 bits per heavy atom. The number of nitrogens with two attached hydrogens (primary N) is 1. The predicted molar refractivity (Wildman–Crippen MR) is 61.7 cm³/mol. The quantitative estimate of drug-likeness (QED) is 0.756. The van der Waals surface area contributed by atoms with Crippen LogP contribution in [-0.4, -0.2) is 15.8 Å². The van der Waals surface area contributed by atoms with Crippen molar-refractivity contribution in [1.29, 1.82) is 0 Å². The fourth-order valence-electron chi connectivity index (χ4n) is 2.62. The highest BCUT2D eigenvalue weighted by molar-refractivity contribution is 5.09. The van der Waals surface area contributed by atoms with E-state index in [2.05, 4.69) is 22.8 Å². The van der Waals surface area contributed by atoms with Crippen molar-refractivity contribution in [3.8, 4) is 0 Å². The van der Waals surface area contributed by atoms with E-state index in [-0.39, 0.29) is 0 Å². The molecule has 3 heteroatoms. The number of aromatic nitrogens is 2. The van der Waals surface area contributed by atoms with Crippen molar-refractivity contribution in [3.05, 3.63) is 18.0 Å². The van der Waals surface area contributed by atoms with Gasteiger partial charge in [0, 0.05) is 30.4 Å². The number of aryl methyl sites for hydroxylation is 1. The Morgan fingerprint density at radius 2 is 2.27 bits per heavy atom. The first-order valence-electron chi connectivity index (χ1n) is 6.08. The van der Waals surface area contributed by atoms with Gasteiger partial charge < -0.3 is 5.73 Å². The molecule has 84 valence electrons. The predicted octanol–water partition coefficient (Wildman–Crippen LogP) is 2.28. The molecule has 1 aliphatic rings. The summed E-state index contributed by atoms with van der Waals surface area (Å²) in [6.45, 7) is 3.11. The van der Waals surface area contributed by atoms with Gasteiger partial charge in [0.05, 0.1) is 0 Å². The monoisotopic (exact) mass is 207 g/mol. The van der Waals surface area contributed by atoms with Crippen molar-refractivity contribution < 1.29 is 0 Å². The maximum absolute atomic E-state index is 6.09. The zero-order valence-corrected chi connectivity index (χ0v) is 9.52. The Bertz CT molecular complexity index is 306. The highest BCUT2D eigenvalue weighted by atomic mass is 15.3. The van der Waals surface area contributed by atoms with E-state index in [1.54, 1.807) is 0 Å². The minimum Gasteiger partial charge on any atom is -0.328 e. The average Bonchev–Trinajstić information content (AvgIpc) is 2.61. The Hall–Kier alpha value is -0.830. The third kappa shape index (κ3) is 2.40. The lowest BCUT2D eigenvalue weighted by Crippen LogP contribution is -2.21. The van der Waals surface area contributed by atoms with Crippen molar-refractivity contribution in [2.75, 3.05) is 0 Å². The summed E-state index contributed by atoms with van der Waals surface area (Å²) in [6, 6.07) is 2.55. The molecule has 0 aliphatic heterocycles. The second-order valence-electron chi connectivity index (χ2n) is 4.55. The molecular weight excluding hydrogens is 186 g/mol. The van der Waals surface area contributed by atoms with Crippen LogP contribution in [0, 0.1) is 0 Å². The third-order valence-electron chi connectivity index (χ3n) is 3.43. The zero-order chi connectivity index (χ0) is 10.7. The molecule has 0 bridgehead atoms. The van der Waals surface area contributed by atoms with Gasteiger partial charge in [-0.25, -0.2) is 0 Å². The van der Waals surface area contributed by atoms with Crippen molar-refractivity contribution in [3.63, 3.8) is 0 Å². The van der Waals surface area contributed by atoms with Crippen LogP contribution in [0.25, 0.3) is 0 Å². The SMILES string of the molecule is CCn1nccc1C1CCCCC(N)C1. The van der Waals surface area contributed by atoms with E-state index in [1.165, 1.54) is 31.4 Å². The fourth-order valence-corrected chi connectivity index (χ4v) is 2.62. The minimum absolute atomic E-state index is 0.387. The molecule has 0 spiro atoms. The second kappa shape index (κ2) is 4.79. The van der Waals surface area contributed by atoms with Gasteiger partial charge in [0.25, 0.3) is 0 Å². The Kier molecular flexibility index (Phi) is 3.41. The molecule has 0 saturated heterocycles. The Labute approximate surface area is 91.7 Å². The van der Waals surface area contributed by atoms with Gasteiger partial charge in [-0.1, -0.05) is 12.8 Å². The molecule has 2 N–H and O–H groups in total. The summed E-state index contributed by atoms with van der Waals surface area (Å²) < 4.78 is 2.11. The standard InChI is InChI=1S/C12H21N3/c1-2-15-12(7-8-14-15)10-5-3-4-6-11(13)9-10/h7-8,10-11H,2-6,9,13H2,1H3. The first-order valence-corrected chi connectivity index (χ1v) is 6.08. The molecule has 1 fully saturated rings. The van der Waals surface area contributed by atoms with Gasteiger partial charge >= 0.3 is 0 Å². The lowest BCUT2D eigenvalue weighted by Gasteiger charge is -2.18. The van der Waals surface area contributed by atoms with E-state index < -0.39 is 0 Å². The van der Waals surface area contributed by atoms with Crippen LogP contribution in [0.15, 0.2) is 12.3 Å². The zero-order valence-electron chi connectivity index (χ0n) is 9.52. The van der Waals surface area contributed by atoms with E-state index >= 15 is 0 Å². The van der Waals surface area contributed by atoms with Gasteiger partial charge in [-0.3, -0.25) is 4.68 Å². The highest BCUT2D eigenvalue weighted by Gasteiger charge is 2.21. The first kappa shape index (κ1) is 10.7. The van der Waals surface area contributed by atoms with Crippen LogP contribution in [0.2, 0.25) is 0 Å². The lowest BCUT2D eigenvalue weighted by molar-refractivity contribution is 0.491. The van der Waals surface area contributed by atoms with Gasteiger partial charge in [0.1, 0.15) is 0 Å². The largest absolute Gasteiger partial charge is 0.328 e. The molecule has 2 unspecified atom stereocenters. The van der Waals surface area contributed by atoms with E-state index in [0.29, 0.717) is 12.0 Å². The van der Waals surface area contributed by atoms with Crippen molar-refractivity contribution in [1.82, 2.24) is 9.78 Å². The maximum Gasteiger partial charge on any atom is 0.0492 e. The van der Waals surface area contributed by atoms with Crippen LogP contribution in [0.4, 0.5) is 0 Å². The van der Waals surface area contributed by atoms with E-state index in [1.807, 2.05) is 6.20 Å². The molecule has 0 aromatic carbocycles. The number of rotatable bonds is 2. The van der Waals surface area contributed by atoms with E-state index in [0.717, 1.165) is 13.0 Å². The summed E-state index contributed by atoms with van der Waals surface area (Å²) >= 11 is 0. The highest BCUT2D eigenvalue weighted by Crippen LogP contribution is 2.30. The molecule has 1 aromatic heterocycles. The normalized spacial score (nSPS) is 27.6. The summed E-state index contributed by atoms with van der Waals surface area (Å²) in [5.41, 5.74) is 7.48. The van der Waals surface area contributed by atoms with E-state index in [9.17, 15) is 0 Å². The van der Waals surface area contributed by atoms with Crippen LogP contribution in [0.1, 0.15) is 50.6 Å². The van der Waals surface area contributed by atoms with Crippen LogP contribution < -0.4 is 5.73 Å². The van der Waals surface area contributed by atoms with Crippen molar-refractivity contribution in [2.45, 2.75) is 57.5 Å². The van der Waals surface area contributed by atoms with Crippen molar-refractivity contribution in [2.24, 2.45) is 5.73 Å². The van der Waals surface area contributed by atoms with Crippen LogP contribution in [0.5, 0.6) is 0 Å². The van der Waals surface area contributed by atoms with Crippen LogP contribution in [0.3, 0.4) is 0 Å². The summed E-state index contributed by atoms with van der Waals surface area (Å²) in [5.74, 6) is 0.630. The smallest absolute Gasteiger partial charge is 0.0492 e. The third-order valence-corrected chi connectivity index (χ3v) is 3.43. The molecule has 1 saturated carbocycles. The molecule has 15 heavy (non-hydrogen) atoms. The summed E-state index contributed by atoms with van der Waals surface area (Å²) in [4.78, 5) is 0. The number of nitrogens with zero attached hydrogens (tertiary/aromatic N) is 2. The Morgan fingerprint density at radius 3 is 3.07 bits per heavy atom. The molecule has 3 nitrogen and oxygen atoms in total. The number of hydrogen-bond acceptors (Lipinski definition) is 2.